The van der Waals surface area contributed by atoms with Crippen molar-refractivity contribution in [2.45, 2.75) is 31.8 Å². The summed E-state index contributed by atoms with van der Waals surface area (Å²) in [6, 6.07) is 4.64. The number of hydrogen-bond acceptors (Lipinski definition) is 8. The Morgan fingerprint density at radius 3 is 2.70 bits per heavy atom. The first kappa shape index (κ1) is 20.2. The molecule has 3 heterocycles. The number of hydrogen-bond donors (Lipinski definition) is 7. The van der Waals surface area contributed by atoms with E-state index < -0.39 is 18.2 Å². The molecule has 7 N–H and O–H groups in total. The molecule has 0 radical (unpaired) electrons. The van der Waals surface area contributed by atoms with Crippen molar-refractivity contribution in [3.05, 3.63) is 40.4 Å². The molecule has 1 aliphatic heterocycles. The molecule has 3 aromatic rings. The van der Waals surface area contributed by atoms with Crippen LogP contribution in [-0.4, -0.2) is 54.3 Å². The summed E-state index contributed by atoms with van der Waals surface area (Å²) in [4.78, 5) is 24.1. The monoisotopic (exact) mass is 433 g/mol. The maximum Gasteiger partial charge on any atom is 0.339 e. The number of aliphatic hydroxyl groups is 2. The van der Waals surface area contributed by atoms with E-state index >= 15 is 0 Å². The number of amides is 1. The molecule has 4 rings (SSSR count). The number of fused-ring (bicyclic) bond motifs is 2. The van der Waals surface area contributed by atoms with Crippen LogP contribution in [0.4, 0.5) is 5.00 Å². The van der Waals surface area contributed by atoms with Crippen LogP contribution in [0.5, 0.6) is 11.6 Å². The summed E-state index contributed by atoms with van der Waals surface area (Å²) >= 11 is 1.07. The summed E-state index contributed by atoms with van der Waals surface area (Å²) in [7, 11) is 0. The molecule has 0 aliphatic carbocycles. The van der Waals surface area contributed by atoms with E-state index in [-0.39, 0.29) is 28.2 Å². The van der Waals surface area contributed by atoms with E-state index in [0.29, 0.717) is 35.8 Å². The van der Waals surface area contributed by atoms with Crippen LogP contribution in [0, 0.1) is 0 Å². The molecule has 0 saturated heterocycles. The summed E-state index contributed by atoms with van der Waals surface area (Å²) in [5.41, 5.74) is 0.480. The van der Waals surface area contributed by atoms with Crippen molar-refractivity contribution in [3.8, 4) is 11.6 Å². The van der Waals surface area contributed by atoms with Crippen molar-refractivity contribution in [3.63, 3.8) is 0 Å². The second-order valence-corrected chi connectivity index (χ2v) is 8.11. The summed E-state index contributed by atoms with van der Waals surface area (Å²) in [5.74, 6) is -2.28. The number of thiophene rings is 1. The molecule has 0 spiro atoms. The van der Waals surface area contributed by atoms with Crippen LogP contribution in [-0.2, 0) is 24.3 Å². The van der Waals surface area contributed by atoms with Gasteiger partial charge in [-0.1, -0.05) is 6.07 Å². The van der Waals surface area contributed by atoms with Crippen LogP contribution in [0.25, 0.3) is 10.8 Å². The number of carboxylic acid groups (broad SMARTS) is 1. The van der Waals surface area contributed by atoms with Gasteiger partial charge in [0.25, 0.3) is 5.91 Å². The van der Waals surface area contributed by atoms with Crippen LogP contribution < -0.4 is 10.6 Å². The van der Waals surface area contributed by atoms with Gasteiger partial charge in [-0.25, -0.2) is 4.79 Å². The number of anilines is 1. The number of rotatable bonds is 5. The average molecular weight is 433 g/mol. The zero-order valence-electron chi connectivity index (χ0n) is 15.5. The lowest BCUT2D eigenvalue weighted by Crippen LogP contribution is -2.38. The van der Waals surface area contributed by atoms with Gasteiger partial charge in [-0.3, -0.25) is 4.79 Å². The summed E-state index contributed by atoms with van der Waals surface area (Å²) in [6.45, 7) is 0.681. The van der Waals surface area contributed by atoms with Crippen LogP contribution in [0.15, 0.2) is 24.4 Å². The number of carbonyl (C=O) groups excluding carboxylic acids is 1. The highest BCUT2D eigenvalue weighted by Crippen LogP contribution is 2.38. The molecular weight excluding hydrogens is 414 g/mol. The van der Waals surface area contributed by atoms with Gasteiger partial charge in [0.1, 0.15) is 10.8 Å². The van der Waals surface area contributed by atoms with Crippen molar-refractivity contribution in [1.82, 2.24) is 9.88 Å². The van der Waals surface area contributed by atoms with E-state index in [2.05, 4.69) is 10.6 Å². The van der Waals surface area contributed by atoms with Gasteiger partial charge in [0.15, 0.2) is 5.88 Å². The standard InChI is InChI=1S/C19H19N3O7S/c23-12-3-1-2-9-11(12)7-22(17(9)25)6-8-4-10-13(5-20-8)30-16(14(10)18(26)27)21-15(24)19(28)29/h1-3,7-8,19-20,23,25,28-29H,4-6H2,(H,21,24)(H,26,27). The molecule has 0 saturated carbocycles. The van der Waals surface area contributed by atoms with E-state index in [1.54, 1.807) is 22.9 Å². The van der Waals surface area contributed by atoms with Crippen molar-refractivity contribution in [2.75, 3.05) is 5.32 Å². The molecule has 2 aromatic heterocycles. The van der Waals surface area contributed by atoms with E-state index in [0.717, 1.165) is 16.2 Å². The van der Waals surface area contributed by atoms with Crippen molar-refractivity contribution in [2.24, 2.45) is 0 Å². The van der Waals surface area contributed by atoms with E-state index in [9.17, 15) is 24.9 Å². The molecule has 10 nitrogen and oxygen atoms in total. The molecule has 11 heteroatoms. The number of phenols is 1. The van der Waals surface area contributed by atoms with Gasteiger partial charge in [-0.15, -0.1) is 11.3 Å². The molecule has 0 bridgehead atoms. The highest BCUT2D eigenvalue weighted by molar-refractivity contribution is 7.17. The Hall–Kier alpha value is -3.12. The Morgan fingerprint density at radius 1 is 1.27 bits per heavy atom. The number of aliphatic hydroxyl groups excluding tert-OH is 1. The molecule has 1 amide bonds. The van der Waals surface area contributed by atoms with Crippen molar-refractivity contribution in [1.29, 1.82) is 0 Å². The van der Waals surface area contributed by atoms with Crippen LogP contribution >= 0.6 is 11.3 Å². The number of nitrogens with one attached hydrogen (secondary N) is 2. The third kappa shape index (κ3) is 3.48. The minimum absolute atomic E-state index is 0.00200. The number of carbonyl (C=O) groups is 2. The third-order valence-electron chi connectivity index (χ3n) is 5.08. The van der Waals surface area contributed by atoms with E-state index in [1.165, 1.54) is 6.07 Å². The van der Waals surface area contributed by atoms with Gasteiger partial charge in [-0.2, -0.15) is 0 Å². The fourth-order valence-electron chi connectivity index (χ4n) is 3.68. The zero-order valence-corrected chi connectivity index (χ0v) is 16.3. The largest absolute Gasteiger partial charge is 0.507 e. The maximum atomic E-state index is 11.8. The molecule has 1 aromatic carbocycles. The summed E-state index contributed by atoms with van der Waals surface area (Å²) < 4.78 is 1.59. The second-order valence-electron chi connectivity index (χ2n) is 7.00. The Morgan fingerprint density at radius 2 is 2.03 bits per heavy atom. The van der Waals surface area contributed by atoms with Crippen molar-refractivity contribution >= 4 is 39.0 Å². The predicted molar refractivity (Wildman–Crippen MR) is 108 cm³/mol. The molecule has 1 aliphatic rings. The van der Waals surface area contributed by atoms with Gasteiger partial charge < -0.3 is 40.7 Å². The molecule has 30 heavy (non-hydrogen) atoms. The molecule has 1 unspecified atom stereocenters. The van der Waals surface area contributed by atoms with Crippen molar-refractivity contribution < 1.29 is 35.1 Å². The predicted octanol–water partition coefficient (Wildman–Crippen LogP) is 0.776. The topological polar surface area (TPSA) is 164 Å². The lowest BCUT2D eigenvalue weighted by atomic mass is 9.98. The number of carboxylic acids is 1. The van der Waals surface area contributed by atoms with Gasteiger partial charge in [0.2, 0.25) is 6.29 Å². The fourth-order valence-corrected chi connectivity index (χ4v) is 4.85. The van der Waals surface area contributed by atoms with Gasteiger partial charge >= 0.3 is 5.97 Å². The first-order valence-electron chi connectivity index (χ1n) is 9.04. The lowest BCUT2D eigenvalue weighted by Gasteiger charge is -2.25. The Bertz CT molecular complexity index is 1150. The second kappa shape index (κ2) is 7.61. The maximum absolute atomic E-state index is 11.8. The normalized spacial score (nSPS) is 16.0. The van der Waals surface area contributed by atoms with Crippen LogP contribution in [0.2, 0.25) is 0 Å². The molecular formula is C19H19N3O7S. The molecule has 0 fully saturated rings. The first-order chi connectivity index (χ1) is 14.3. The Balaban J connectivity index is 1.61. The molecule has 158 valence electrons. The number of aromatic nitrogens is 1. The summed E-state index contributed by atoms with van der Waals surface area (Å²) in [5, 5.41) is 54.6. The number of aromatic carboxylic acids is 1. The Kier molecular flexibility index (Phi) is 5.12. The smallest absolute Gasteiger partial charge is 0.339 e. The fraction of sp³-hybridized carbons (Fsp3) is 0.263. The first-order valence-corrected chi connectivity index (χ1v) is 9.86. The SMILES string of the molecule is O=C(O)c1c(NC(=O)C(O)O)sc2c1CC(Cn1cc3c(O)cccc3c1O)NC2. The number of benzene rings is 1. The summed E-state index contributed by atoms with van der Waals surface area (Å²) in [6.07, 6.45) is -0.291. The average Bonchev–Trinajstić information content (AvgIpc) is 3.20. The van der Waals surface area contributed by atoms with Crippen LogP contribution in [0.3, 0.4) is 0 Å². The van der Waals surface area contributed by atoms with Gasteiger partial charge in [-0.05, 0) is 24.1 Å². The minimum atomic E-state index is -2.25. The highest BCUT2D eigenvalue weighted by Gasteiger charge is 2.30. The zero-order chi connectivity index (χ0) is 21.6. The highest BCUT2D eigenvalue weighted by atomic mass is 32.1. The van der Waals surface area contributed by atoms with E-state index in [1.807, 2.05) is 0 Å². The number of aromatic hydroxyl groups is 2. The third-order valence-corrected chi connectivity index (χ3v) is 6.22. The Labute approximate surface area is 173 Å². The van der Waals surface area contributed by atoms with Gasteiger partial charge in [0, 0.05) is 41.0 Å². The lowest BCUT2D eigenvalue weighted by molar-refractivity contribution is -0.141. The molecule has 1 atom stereocenters. The quantitative estimate of drug-likeness (QED) is 0.290. The number of nitrogens with zero attached hydrogens (tertiary/aromatic N) is 1. The van der Waals surface area contributed by atoms with E-state index in [4.69, 9.17) is 10.2 Å². The van der Waals surface area contributed by atoms with Gasteiger partial charge in [0.05, 0.1) is 5.56 Å². The minimum Gasteiger partial charge on any atom is -0.507 e. The van der Waals surface area contributed by atoms with Crippen LogP contribution in [0.1, 0.15) is 20.8 Å². The number of phenolic OH excluding ortho intramolecular Hbond substituents is 1.